The van der Waals surface area contributed by atoms with Gasteiger partial charge in [0.05, 0.1) is 0 Å². The molecule has 1 unspecified atom stereocenters. The van der Waals surface area contributed by atoms with Gasteiger partial charge in [0.2, 0.25) is 0 Å². The SMILES string of the molecule is CNCC1(O)CCCc2ccccc21. The van der Waals surface area contributed by atoms with Crippen molar-refractivity contribution < 1.29 is 5.11 Å². The van der Waals surface area contributed by atoms with Crippen LogP contribution < -0.4 is 5.32 Å². The van der Waals surface area contributed by atoms with Crippen molar-refractivity contribution in [3.63, 3.8) is 0 Å². The second-order valence-electron chi connectivity index (χ2n) is 4.07. The van der Waals surface area contributed by atoms with Crippen molar-refractivity contribution in [3.8, 4) is 0 Å². The molecular formula is C12H17NO. The minimum Gasteiger partial charge on any atom is -0.384 e. The molecule has 2 heteroatoms. The van der Waals surface area contributed by atoms with E-state index in [4.69, 9.17) is 0 Å². The standard InChI is InChI=1S/C12H17NO/c1-13-9-12(14)8-4-6-10-5-2-3-7-11(10)12/h2-3,5,7,13-14H,4,6,8-9H2,1H3. The average Bonchev–Trinajstić information content (AvgIpc) is 2.19. The first kappa shape index (κ1) is 9.69. The van der Waals surface area contributed by atoms with Gasteiger partial charge in [-0.25, -0.2) is 0 Å². The Labute approximate surface area is 85.0 Å². The number of aryl methyl sites for hydroxylation is 1. The van der Waals surface area contributed by atoms with E-state index in [0.29, 0.717) is 6.54 Å². The summed E-state index contributed by atoms with van der Waals surface area (Å²) in [5.41, 5.74) is 1.76. The van der Waals surface area contributed by atoms with Crippen molar-refractivity contribution in [1.82, 2.24) is 5.32 Å². The maximum Gasteiger partial charge on any atom is 0.102 e. The Bertz CT molecular complexity index is 324. The van der Waals surface area contributed by atoms with Crippen LogP contribution in [0.25, 0.3) is 0 Å². The lowest BCUT2D eigenvalue weighted by atomic mass is 9.79. The predicted octanol–water partition coefficient (Wildman–Crippen LogP) is 1.43. The predicted molar refractivity (Wildman–Crippen MR) is 57.2 cm³/mol. The normalized spacial score (nSPS) is 25.9. The maximum atomic E-state index is 10.5. The first-order valence-corrected chi connectivity index (χ1v) is 5.22. The molecule has 2 nitrogen and oxygen atoms in total. The largest absolute Gasteiger partial charge is 0.384 e. The maximum absolute atomic E-state index is 10.5. The molecule has 14 heavy (non-hydrogen) atoms. The average molecular weight is 191 g/mol. The Balaban J connectivity index is 2.39. The molecule has 0 amide bonds. The molecule has 1 aromatic rings. The fourth-order valence-electron chi connectivity index (χ4n) is 2.37. The summed E-state index contributed by atoms with van der Waals surface area (Å²) in [6.45, 7) is 0.643. The van der Waals surface area contributed by atoms with E-state index in [1.165, 1.54) is 5.56 Å². The zero-order valence-corrected chi connectivity index (χ0v) is 8.59. The Morgan fingerprint density at radius 1 is 1.43 bits per heavy atom. The molecule has 1 aliphatic rings. The fraction of sp³-hybridized carbons (Fsp3) is 0.500. The third kappa shape index (κ3) is 1.56. The van der Waals surface area contributed by atoms with Crippen molar-refractivity contribution in [2.75, 3.05) is 13.6 Å². The molecule has 0 aliphatic heterocycles. The number of aliphatic hydroxyl groups is 1. The molecule has 0 saturated carbocycles. The summed E-state index contributed by atoms with van der Waals surface area (Å²) in [7, 11) is 1.88. The highest BCUT2D eigenvalue weighted by atomic mass is 16.3. The van der Waals surface area contributed by atoms with Crippen LogP contribution in [0.1, 0.15) is 24.0 Å². The van der Waals surface area contributed by atoms with Gasteiger partial charge in [0.15, 0.2) is 0 Å². The van der Waals surface area contributed by atoms with Crippen LogP contribution in [0.2, 0.25) is 0 Å². The molecule has 0 saturated heterocycles. The van der Waals surface area contributed by atoms with E-state index in [2.05, 4.69) is 11.4 Å². The van der Waals surface area contributed by atoms with E-state index in [0.717, 1.165) is 24.8 Å². The Hall–Kier alpha value is -0.860. The second kappa shape index (κ2) is 3.71. The number of hydrogen-bond donors (Lipinski definition) is 2. The van der Waals surface area contributed by atoms with E-state index < -0.39 is 5.60 Å². The first-order chi connectivity index (χ1) is 6.76. The van der Waals surface area contributed by atoms with Crippen molar-refractivity contribution in [2.24, 2.45) is 0 Å². The third-order valence-electron chi connectivity index (χ3n) is 3.02. The molecule has 0 bridgehead atoms. The van der Waals surface area contributed by atoms with Crippen molar-refractivity contribution in [1.29, 1.82) is 0 Å². The summed E-state index contributed by atoms with van der Waals surface area (Å²) < 4.78 is 0. The molecule has 1 aliphatic carbocycles. The quantitative estimate of drug-likeness (QED) is 0.741. The summed E-state index contributed by atoms with van der Waals surface area (Å²) in [6.07, 6.45) is 3.04. The zero-order chi connectivity index (χ0) is 10.0. The smallest absolute Gasteiger partial charge is 0.102 e. The van der Waals surface area contributed by atoms with Gasteiger partial charge >= 0.3 is 0 Å². The first-order valence-electron chi connectivity index (χ1n) is 5.22. The summed E-state index contributed by atoms with van der Waals surface area (Å²) in [6, 6.07) is 8.22. The number of rotatable bonds is 2. The van der Waals surface area contributed by atoms with E-state index in [-0.39, 0.29) is 0 Å². The van der Waals surface area contributed by atoms with Gasteiger partial charge in [-0.1, -0.05) is 24.3 Å². The third-order valence-corrected chi connectivity index (χ3v) is 3.02. The van der Waals surface area contributed by atoms with Crippen LogP contribution in [0.5, 0.6) is 0 Å². The van der Waals surface area contributed by atoms with E-state index in [1.807, 2.05) is 25.2 Å². The minimum absolute atomic E-state index is 0.643. The van der Waals surface area contributed by atoms with Crippen LogP contribution in [0.15, 0.2) is 24.3 Å². The van der Waals surface area contributed by atoms with E-state index in [1.54, 1.807) is 0 Å². The van der Waals surface area contributed by atoms with Gasteiger partial charge in [0.25, 0.3) is 0 Å². The molecule has 0 spiro atoms. The van der Waals surface area contributed by atoms with Crippen molar-refractivity contribution in [3.05, 3.63) is 35.4 Å². The van der Waals surface area contributed by atoms with Crippen molar-refractivity contribution in [2.45, 2.75) is 24.9 Å². The zero-order valence-electron chi connectivity index (χ0n) is 8.59. The van der Waals surface area contributed by atoms with Crippen molar-refractivity contribution >= 4 is 0 Å². The van der Waals surface area contributed by atoms with Gasteiger partial charge in [-0.05, 0) is 37.4 Å². The number of benzene rings is 1. The number of hydrogen-bond acceptors (Lipinski definition) is 2. The van der Waals surface area contributed by atoms with E-state index in [9.17, 15) is 5.11 Å². The van der Waals surface area contributed by atoms with Gasteiger partial charge < -0.3 is 10.4 Å². The number of nitrogens with one attached hydrogen (secondary N) is 1. The highest BCUT2D eigenvalue weighted by Crippen LogP contribution is 2.34. The number of fused-ring (bicyclic) bond motifs is 1. The van der Waals surface area contributed by atoms with E-state index >= 15 is 0 Å². The summed E-state index contributed by atoms with van der Waals surface area (Å²) >= 11 is 0. The Morgan fingerprint density at radius 2 is 2.21 bits per heavy atom. The molecule has 0 fully saturated rings. The van der Waals surface area contributed by atoms with Crippen LogP contribution >= 0.6 is 0 Å². The molecule has 0 heterocycles. The van der Waals surface area contributed by atoms with Gasteiger partial charge in [-0.2, -0.15) is 0 Å². The Kier molecular flexibility index (Phi) is 2.57. The Morgan fingerprint density at radius 3 is 3.00 bits per heavy atom. The molecule has 76 valence electrons. The lowest BCUT2D eigenvalue weighted by Gasteiger charge is -2.34. The van der Waals surface area contributed by atoms with Crippen LogP contribution in [0, 0.1) is 0 Å². The van der Waals surface area contributed by atoms with Gasteiger partial charge in [0, 0.05) is 6.54 Å². The molecule has 2 rings (SSSR count). The lowest BCUT2D eigenvalue weighted by Crippen LogP contribution is -2.39. The van der Waals surface area contributed by atoms with Gasteiger partial charge in [-0.3, -0.25) is 0 Å². The molecule has 1 aromatic carbocycles. The molecule has 2 N–H and O–H groups in total. The number of likely N-dealkylation sites (N-methyl/N-ethyl adjacent to an activating group) is 1. The fourth-order valence-corrected chi connectivity index (χ4v) is 2.37. The monoisotopic (exact) mass is 191 g/mol. The molecular weight excluding hydrogens is 174 g/mol. The van der Waals surface area contributed by atoms with Crippen LogP contribution in [-0.4, -0.2) is 18.7 Å². The molecule has 1 atom stereocenters. The minimum atomic E-state index is -0.649. The topological polar surface area (TPSA) is 32.3 Å². The van der Waals surface area contributed by atoms with Gasteiger partial charge in [-0.15, -0.1) is 0 Å². The summed E-state index contributed by atoms with van der Waals surface area (Å²) in [5.74, 6) is 0. The highest BCUT2D eigenvalue weighted by Gasteiger charge is 2.32. The highest BCUT2D eigenvalue weighted by molar-refractivity contribution is 5.34. The lowest BCUT2D eigenvalue weighted by molar-refractivity contribution is 0.0211. The summed E-state index contributed by atoms with van der Waals surface area (Å²) in [5, 5.41) is 13.5. The van der Waals surface area contributed by atoms with Crippen LogP contribution in [0.4, 0.5) is 0 Å². The molecule has 0 aromatic heterocycles. The summed E-state index contributed by atoms with van der Waals surface area (Å²) in [4.78, 5) is 0. The van der Waals surface area contributed by atoms with Crippen LogP contribution in [0.3, 0.4) is 0 Å². The second-order valence-corrected chi connectivity index (χ2v) is 4.07. The van der Waals surface area contributed by atoms with Crippen LogP contribution in [-0.2, 0) is 12.0 Å². The molecule has 0 radical (unpaired) electrons. The van der Waals surface area contributed by atoms with Gasteiger partial charge in [0.1, 0.15) is 5.60 Å².